The first-order valence-electron chi connectivity index (χ1n) is 8.30. The van der Waals surface area contributed by atoms with Crippen molar-refractivity contribution in [2.45, 2.75) is 70.6 Å². The lowest BCUT2D eigenvalue weighted by atomic mass is 9.97. The van der Waals surface area contributed by atoms with E-state index in [2.05, 4.69) is 48.3 Å². The van der Waals surface area contributed by atoms with Crippen LogP contribution in [0, 0.1) is 6.92 Å². The number of aryl methyl sites for hydroxylation is 1. The molecule has 0 amide bonds. The molecule has 0 aliphatic carbocycles. The third-order valence-corrected chi connectivity index (χ3v) is 4.94. The molecule has 2 unspecified atom stereocenters. The molecule has 2 heteroatoms. The number of nitrogens with one attached hydrogen (secondary N) is 1. The van der Waals surface area contributed by atoms with E-state index in [1.165, 1.54) is 49.8 Å². The molecule has 0 spiro atoms. The maximum atomic E-state index is 3.76. The van der Waals surface area contributed by atoms with Crippen molar-refractivity contribution in [3.8, 4) is 0 Å². The molecule has 1 aromatic rings. The Kier molecular flexibility index (Phi) is 4.42. The maximum Gasteiger partial charge on any atom is 0.0236 e. The maximum absolute atomic E-state index is 3.76. The molecule has 2 heterocycles. The highest BCUT2D eigenvalue weighted by Gasteiger charge is 2.35. The Morgan fingerprint density at radius 2 is 1.95 bits per heavy atom. The molecular weight excluding hydrogens is 244 g/mol. The molecule has 20 heavy (non-hydrogen) atoms. The Morgan fingerprint density at radius 3 is 2.60 bits per heavy atom. The highest BCUT2D eigenvalue weighted by molar-refractivity contribution is 5.22. The Bertz CT molecular complexity index is 431. The van der Waals surface area contributed by atoms with Crippen LogP contribution in [-0.4, -0.2) is 29.6 Å². The van der Waals surface area contributed by atoms with Crippen LogP contribution in [0.1, 0.15) is 50.2 Å². The molecule has 2 aliphatic rings. The molecule has 2 fully saturated rings. The largest absolute Gasteiger partial charge is 0.311 e. The first-order valence-corrected chi connectivity index (χ1v) is 8.30. The fourth-order valence-corrected chi connectivity index (χ4v) is 4.05. The minimum Gasteiger partial charge on any atom is -0.311 e. The minimum absolute atomic E-state index is 0.786. The number of hydrogen-bond donors (Lipinski definition) is 1. The molecule has 2 nitrogen and oxygen atoms in total. The zero-order valence-corrected chi connectivity index (χ0v) is 12.9. The summed E-state index contributed by atoms with van der Waals surface area (Å²) in [5.74, 6) is 0. The molecular formula is C18H28N2. The summed E-state index contributed by atoms with van der Waals surface area (Å²) in [5, 5.41) is 3.76. The summed E-state index contributed by atoms with van der Waals surface area (Å²) in [6.07, 6.45) is 6.74. The van der Waals surface area contributed by atoms with E-state index in [0.29, 0.717) is 0 Å². The van der Waals surface area contributed by atoms with Crippen molar-refractivity contribution >= 4 is 0 Å². The van der Waals surface area contributed by atoms with E-state index in [4.69, 9.17) is 0 Å². The quantitative estimate of drug-likeness (QED) is 0.882. The summed E-state index contributed by atoms with van der Waals surface area (Å²) < 4.78 is 0. The molecule has 2 saturated heterocycles. The molecule has 0 radical (unpaired) electrons. The van der Waals surface area contributed by atoms with Gasteiger partial charge in [-0.2, -0.15) is 0 Å². The van der Waals surface area contributed by atoms with Gasteiger partial charge in [-0.3, -0.25) is 4.90 Å². The van der Waals surface area contributed by atoms with Crippen molar-refractivity contribution in [3.05, 3.63) is 35.4 Å². The van der Waals surface area contributed by atoms with Crippen molar-refractivity contribution in [1.82, 2.24) is 10.2 Å². The third-order valence-electron chi connectivity index (χ3n) is 4.94. The monoisotopic (exact) mass is 272 g/mol. The predicted octanol–water partition coefficient (Wildman–Crippen LogP) is 3.49. The van der Waals surface area contributed by atoms with Crippen molar-refractivity contribution in [1.29, 1.82) is 0 Å². The molecule has 1 aromatic carbocycles. The van der Waals surface area contributed by atoms with Gasteiger partial charge >= 0.3 is 0 Å². The summed E-state index contributed by atoms with van der Waals surface area (Å²) in [4.78, 5) is 2.74. The summed E-state index contributed by atoms with van der Waals surface area (Å²) >= 11 is 0. The zero-order valence-electron chi connectivity index (χ0n) is 12.9. The summed E-state index contributed by atoms with van der Waals surface area (Å²) in [6.45, 7) is 6.86. The van der Waals surface area contributed by atoms with Crippen molar-refractivity contribution < 1.29 is 0 Å². The molecule has 0 saturated carbocycles. The second kappa shape index (κ2) is 6.28. The van der Waals surface area contributed by atoms with Crippen LogP contribution in [0.5, 0.6) is 0 Å². The lowest BCUT2D eigenvalue weighted by Crippen LogP contribution is -2.48. The van der Waals surface area contributed by atoms with Gasteiger partial charge in [-0.25, -0.2) is 0 Å². The number of rotatable bonds is 5. The molecule has 1 N–H and O–H groups in total. The van der Waals surface area contributed by atoms with E-state index in [1.54, 1.807) is 0 Å². The lowest BCUT2D eigenvalue weighted by Gasteiger charge is -2.38. The molecule has 2 bridgehead atoms. The molecule has 2 aliphatic heterocycles. The third kappa shape index (κ3) is 3.24. The number of benzene rings is 1. The van der Waals surface area contributed by atoms with Crippen LogP contribution in [0.4, 0.5) is 0 Å². The summed E-state index contributed by atoms with van der Waals surface area (Å²) in [7, 11) is 0. The Balaban J connectivity index is 1.69. The normalized spacial score (nSPS) is 29.1. The van der Waals surface area contributed by atoms with E-state index in [0.717, 1.165) is 24.7 Å². The van der Waals surface area contributed by atoms with Gasteiger partial charge < -0.3 is 5.32 Å². The van der Waals surface area contributed by atoms with E-state index >= 15 is 0 Å². The molecule has 3 rings (SSSR count). The van der Waals surface area contributed by atoms with Gasteiger partial charge in [-0.1, -0.05) is 36.8 Å². The van der Waals surface area contributed by atoms with Crippen molar-refractivity contribution in [2.75, 3.05) is 6.54 Å². The van der Waals surface area contributed by atoms with Gasteiger partial charge in [0.05, 0.1) is 0 Å². The van der Waals surface area contributed by atoms with E-state index < -0.39 is 0 Å². The van der Waals surface area contributed by atoms with Crippen LogP contribution < -0.4 is 5.32 Å². The van der Waals surface area contributed by atoms with Crippen LogP contribution in [0.3, 0.4) is 0 Å². The van der Waals surface area contributed by atoms with E-state index in [1.807, 2.05) is 0 Å². The van der Waals surface area contributed by atoms with Gasteiger partial charge in [-0.15, -0.1) is 0 Å². The Hall–Kier alpha value is -0.860. The lowest BCUT2D eigenvalue weighted by molar-refractivity contribution is 0.134. The van der Waals surface area contributed by atoms with E-state index in [9.17, 15) is 0 Å². The fourth-order valence-electron chi connectivity index (χ4n) is 4.05. The SMILES string of the molecule is CCCN(Cc1cccc(C)c1)C1CC2CCC(C1)N2. The summed E-state index contributed by atoms with van der Waals surface area (Å²) in [6, 6.07) is 11.4. The number of piperidine rings is 1. The van der Waals surface area contributed by atoms with Gasteiger partial charge in [0.1, 0.15) is 0 Å². The summed E-state index contributed by atoms with van der Waals surface area (Å²) in [5.41, 5.74) is 2.86. The number of nitrogens with zero attached hydrogens (tertiary/aromatic N) is 1. The first kappa shape index (κ1) is 14.1. The van der Waals surface area contributed by atoms with Gasteiger partial charge in [-0.05, 0) is 51.1 Å². The van der Waals surface area contributed by atoms with Crippen LogP contribution >= 0.6 is 0 Å². The second-order valence-electron chi connectivity index (χ2n) is 6.72. The van der Waals surface area contributed by atoms with Gasteiger partial charge in [0, 0.05) is 24.7 Å². The molecule has 0 aromatic heterocycles. The van der Waals surface area contributed by atoms with Crippen LogP contribution in [0.2, 0.25) is 0 Å². The fraction of sp³-hybridized carbons (Fsp3) is 0.667. The van der Waals surface area contributed by atoms with Gasteiger partial charge in [0.2, 0.25) is 0 Å². The highest BCUT2D eigenvalue weighted by Crippen LogP contribution is 2.30. The Labute approximate surface area is 123 Å². The smallest absolute Gasteiger partial charge is 0.0236 e. The van der Waals surface area contributed by atoms with Crippen molar-refractivity contribution in [3.63, 3.8) is 0 Å². The van der Waals surface area contributed by atoms with E-state index in [-0.39, 0.29) is 0 Å². The first-order chi connectivity index (χ1) is 9.74. The van der Waals surface area contributed by atoms with Gasteiger partial charge in [0.15, 0.2) is 0 Å². The minimum atomic E-state index is 0.786. The second-order valence-corrected chi connectivity index (χ2v) is 6.72. The predicted molar refractivity (Wildman–Crippen MR) is 84.8 cm³/mol. The van der Waals surface area contributed by atoms with Crippen molar-refractivity contribution in [2.24, 2.45) is 0 Å². The zero-order chi connectivity index (χ0) is 13.9. The van der Waals surface area contributed by atoms with Crippen LogP contribution in [-0.2, 0) is 6.54 Å². The standard InChI is InChI=1S/C18H28N2/c1-3-9-20(13-15-6-4-5-14(2)10-15)18-11-16-7-8-17(12-18)19-16/h4-6,10,16-19H,3,7-9,11-13H2,1-2H3. The molecule has 110 valence electrons. The average Bonchev–Trinajstić information content (AvgIpc) is 2.77. The Morgan fingerprint density at radius 1 is 1.20 bits per heavy atom. The van der Waals surface area contributed by atoms with Gasteiger partial charge in [0.25, 0.3) is 0 Å². The highest BCUT2D eigenvalue weighted by atomic mass is 15.2. The molecule has 2 atom stereocenters. The van der Waals surface area contributed by atoms with Crippen LogP contribution in [0.15, 0.2) is 24.3 Å². The number of fused-ring (bicyclic) bond motifs is 2. The average molecular weight is 272 g/mol. The number of hydrogen-bond acceptors (Lipinski definition) is 2. The van der Waals surface area contributed by atoms with Crippen LogP contribution in [0.25, 0.3) is 0 Å². The topological polar surface area (TPSA) is 15.3 Å².